The standard InChI is InChI=1S/C18H24FN3OS.HI/c1-4-20-17(21-10-14-5-6-16(19)13(2)9-14)22-12-18(3,23)15-7-8-24-11-15;/h5-9,11,23H,4,10,12H2,1-3H3,(H2,20,21,22);1H. The Labute approximate surface area is 169 Å². The van der Waals surface area contributed by atoms with Gasteiger partial charge in [-0.15, -0.1) is 24.0 Å². The molecule has 7 heteroatoms. The molecule has 2 aromatic rings. The average molecular weight is 477 g/mol. The molecule has 25 heavy (non-hydrogen) atoms. The molecule has 1 aromatic carbocycles. The number of hydrogen-bond acceptors (Lipinski definition) is 3. The summed E-state index contributed by atoms with van der Waals surface area (Å²) in [5, 5.41) is 20.8. The molecule has 3 N–H and O–H groups in total. The Kier molecular flexibility index (Phi) is 8.81. The van der Waals surface area contributed by atoms with Crippen molar-refractivity contribution in [3.8, 4) is 0 Å². The predicted molar refractivity (Wildman–Crippen MR) is 113 cm³/mol. The highest BCUT2D eigenvalue weighted by Crippen LogP contribution is 2.21. The van der Waals surface area contributed by atoms with Gasteiger partial charge in [0.2, 0.25) is 0 Å². The molecule has 0 aliphatic carbocycles. The Balaban J connectivity index is 0.00000312. The van der Waals surface area contributed by atoms with E-state index in [1.54, 1.807) is 37.3 Å². The summed E-state index contributed by atoms with van der Waals surface area (Å²) in [5.41, 5.74) is 1.46. The molecule has 2 rings (SSSR count). The van der Waals surface area contributed by atoms with E-state index in [2.05, 4.69) is 15.6 Å². The molecule has 0 amide bonds. The van der Waals surface area contributed by atoms with Gasteiger partial charge in [-0.2, -0.15) is 11.3 Å². The van der Waals surface area contributed by atoms with Crippen LogP contribution in [0, 0.1) is 12.7 Å². The van der Waals surface area contributed by atoms with Crippen molar-refractivity contribution in [1.29, 1.82) is 0 Å². The number of aryl methyl sites for hydroxylation is 1. The Hall–Kier alpha value is -1.19. The fourth-order valence-electron chi connectivity index (χ4n) is 2.25. The van der Waals surface area contributed by atoms with E-state index in [9.17, 15) is 9.50 Å². The third kappa shape index (κ3) is 6.56. The highest BCUT2D eigenvalue weighted by atomic mass is 127. The van der Waals surface area contributed by atoms with Crippen molar-refractivity contribution in [2.45, 2.75) is 32.9 Å². The quantitative estimate of drug-likeness (QED) is 0.337. The molecule has 138 valence electrons. The normalized spacial score (nSPS) is 13.7. The molecule has 1 heterocycles. The number of halogens is 2. The van der Waals surface area contributed by atoms with Gasteiger partial charge in [-0.05, 0) is 60.4 Å². The SMILES string of the molecule is CCNC(=NCc1ccc(F)c(C)c1)NCC(C)(O)c1ccsc1.I. The molecule has 0 fully saturated rings. The summed E-state index contributed by atoms with van der Waals surface area (Å²) in [6, 6.07) is 6.90. The number of aliphatic hydroxyl groups is 1. The van der Waals surface area contributed by atoms with E-state index < -0.39 is 5.60 Å². The van der Waals surface area contributed by atoms with E-state index in [4.69, 9.17) is 0 Å². The monoisotopic (exact) mass is 477 g/mol. The van der Waals surface area contributed by atoms with Crippen LogP contribution in [0.4, 0.5) is 4.39 Å². The number of nitrogens with one attached hydrogen (secondary N) is 2. The number of aliphatic imine (C=N–C) groups is 1. The van der Waals surface area contributed by atoms with E-state index >= 15 is 0 Å². The second-order valence-electron chi connectivity index (χ2n) is 5.92. The summed E-state index contributed by atoms with van der Waals surface area (Å²) in [4.78, 5) is 4.50. The first-order valence-electron chi connectivity index (χ1n) is 7.94. The lowest BCUT2D eigenvalue weighted by atomic mass is 9.99. The highest BCUT2D eigenvalue weighted by molar-refractivity contribution is 14.0. The third-order valence-electron chi connectivity index (χ3n) is 3.73. The minimum atomic E-state index is -0.970. The van der Waals surface area contributed by atoms with Crippen LogP contribution < -0.4 is 10.6 Å². The van der Waals surface area contributed by atoms with Crippen molar-refractivity contribution >= 4 is 41.3 Å². The van der Waals surface area contributed by atoms with Crippen LogP contribution in [-0.2, 0) is 12.1 Å². The zero-order valence-corrected chi connectivity index (χ0v) is 17.8. The number of nitrogens with zero attached hydrogens (tertiary/aromatic N) is 1. The lowest BCUT2D eigenvalue weighted by Gasteiger charge is -2.24. The fraction of sp³-hybridized carbons (Fsp3) is 0.389. The van der Waals surface area contributed by atoms with E-state index in [-0.39, 0.29) is 29.8 Å². The minimum absolute atomic E-state index is 0. The van der Waals surface area contributed by atoms with Gasteiger partial charge in [0.1, 0.15) is 11.4 Å². The summed E-state index contributed by atoms with van der Waals surface area (Å²) in [5.74, 6) is 0.412. The van der Waals surface area contributed by atoms with Gasteiger partial charge in [0.15, 0.2) is 5.96 Å². The third-order valence-corrected chi connectivity index (χ3v) is 4.41. The fourth-order valence-corrected chi connectivity index (χ4v) is 3.03. The molecule has 1 atom stereocenters. The van der Waals surface area contributed by atoms with Crippen molar-refractivity contribution in [3.63, 3.8) is 0 Å². The van der Waals surface area contributed by atoms with Gasteiger partial charge in [0, 0.05) is 6.54 Å². The van der Waals surface area contributed by atoms with Crippen LogP contribution in [0.25, 0.3) is 0 Å². The number of rotatable bonds is 6. The van der Waals surface area contributed by atoms with Crippen LogP contribution in [0.5, 0.6) is 0 Å². The first-order chi connectivity index (χ1) is 11.4. The molecule has 0 radical (unpaired) electrons. The van der Waals surface area contributed by atoms with Crippen LogP contribution in [-0.4, -0.2) is 24.2 Å². The van der Waals surface area contributed by atoms with Crippen LogP contribution in [0.1, 0.15) is 30.5 Å². The van der Waals surface area contributed by atoms with E-state index in [0.29, 0.717) is 24.6 Å². The molecule has 1 unspecified atom stereocenters. The van der Waals surface area contributed by atoms with E-state index in [1.807, 2.05) is 23.8 Å². The minimum Gasteiger partial charge on any atom is -0.384 e. The maximum atomic E-state index is 13.3. The van der Waals surface area contributed by atoms with Gasteiger partial charge < -0.3 is 15.7 Å². The van der Waals surface area contributed by atoms with Gasteiger partial charge in [0.05, 0.1) is 13.1 Å². The van der Waals surface area contributed by atoms with Crippen molar-refractivity contribution in [1.82, 2.24) is 10.6 Å². The first kappa shape index (κ1) is 21.9. The first-order valence-corrected chi connectivity index (χ1v) is 8.89. The number of benzene rings is 1. The van der Waals surface area contributed by atoms with Gasteiger partial charge in [-0.1, -0.05) is 12.1 Å². The molecular formula is C18H25FIN3OS. The summed E-state index contributed by atoms with van der Waals surface area (Å²) in [6.45, 7) is 7.00. The topological polar surface area (TPSA) is 56.7 Å². The maximum Gasteiger partial charge on any atom is 0.191 e. The van der Waals surface area contributed by atoms with E-state index in [1.165, 1.54) is 6.07 Å². The average Bonchev–Trinajstić information content (AvgIpc) is 3.09. The molecule has 0 saturated carbocycles. The summed E-state index contributed by atoms with van der Waals surface area (Å²) in [7, 11) is 0. The van der Waals surface area contributed by atoms with Crippen LogP contribution in [0.15, 0.2) is 40.0 Å². The molecular weight excluding hydrogens is 452 g/mol. The molecule has 0 saturated heterocycles. The molecule has 0 spiro atoms. The van der Waals surface area contributed by atoms with Crippen LogP contribution >= 0.6 is 35.3 Å². The van der Waals surface area contributed by atoms with Crippen molar-refractivity contribution < 1.29 is 9.50 Å². The lowest BCUT2D eigenvalue weighted by molar-refractivity contribution is 0.0621. The largest absolute Gasteiger partial charge is 0.384 e. The highest BCUT2D eigenvalue weighted by Gasteiger charge is 2.23. The molecule has 1 aromatic heterocycles. The second kappa shape index (κ2) is 10.1. The summed E-state index contributed by atoms with van der Waals surface area (Å²) in [6.07, 6.45) is 0. The van der Waals surface area contributed by atoms with Gasteiger partial charge >= 0.3 is 0 Å². The number of thiophene rings is 1. The second-order valence-corrected chi connectivity index (χ2v) is 6.70. The smallest absolute Gasteiger partial charge is 0.191 e. The van der Waals surface area contributed by atoms with Crippen molar-refractivity contribution in [2.75, 3.05) is 13.1 Å². The van der Waals surface area contributed by atoms with Crippen LogP contribution in [0.3, 0.4) is 0 Å². The Morgan fingerprint density at radius 1 is 1.32 bits per heavy atom. The Bertz CT molecular complexity index is 690. The van der Waals surface area contributed by atoms with Crippen LogP contribution in [0.2, 0.25) is 0 Å². The Morgan fingerprint density at radius 3 is 2.68 bits per heavy atom. The molecule has 0 aliphatic rings. The zero-order valence-electron chi connectivity index (χ0n) is 14.7. The van der Waals surface area contributed by atoms with Gasteiger partial charge in [0.25, 0.3) is 0 Å². The van der Waals surface area contributed by atoms with E-state index in [0.717, 1.165) is 17.7 Å². The van der Waals surface area contributed by atoms with Crippen molar-refractivity contribution in [3.05, 3.63) is 57.5 Å². The molecule has 0 bridgehead atoms. The summed E-state index contributed by atoms with van der Waals surface area (Å²) >= 11 is 1.56. The predicted octanol–water partition coefficient (Wildman–Crippen LogP) is 3.78. The Morgan fingerprint density at radius 2 is 2.08 bits per heavy atom. The maximum absolute atomic E-state index is 13.3. The van der Waals surface area contributed by atoms with Crippen molar-refractivity contribution in [2.24, 2.45) is 4.99 Å². The van der Waals surface area contributed by atoms with Gasteiger partial charge in [-0.3, -0.25) is 0 Å². The van der Waals surface area contributed by atoms with Gasteiger partial charge in [-0.25, -0.2) is 9.38 Å². The lowest BCUT2D eigenvalue weighted by Crippen LogP contribution is -2.44. The zero-order chi connectivity index (χ0) is 17.6. The molecule has 4 nitrogen and oxygen atoms in total. The molecule has 0 aliphatic heterocycles. The number of hydrogen-bond donors (Lipinski definition) is 3. The number of guanidine groups is 1. The summed E-state index contributed by atoms with van der Waals surface area (Å²) < 4.78 is 13.3.